The molecule has 0 saturated carbocycles. The van der Waals surface area contributed by atoms with Crippen molar-refractivity contribution >= 4 is 28.2 Å². The highest BCUT2D eigenvalue weighted by molar-refractivity contribution is 9.10. The second-order valence-electron chi connectivity index (χ2n) is 2.40. The Hall–Kier alpha value is -1.23. The van der Waals surface area contributed by atoms with Crippen LogP contribution >= 0.6 is 15.9 Å². The summed E-state index contributed by atoms with van der Waals surface area (Å²) in [6.07, 6.45) is 2.04. The number of ether oxygens (including phenoxy) is 1. The van der Waals surface area contributed by atoms with Crippen LogP contribution < -0.4 is 0 Å². The van der Waals surface area contributed by atoms with Gasteiger partial charge >= 0.3 is 5.97 Å². The van der Waals surface area contributed by atoms with E-state index in [1.807, 2.05) is 0 Å². The molecule has 0 fully saturated rings. The number of pyridine rings is 1. The Kier molecular flexibility index (Phi) is 3.76. The fraction of sp³-hybridized carbons (Fsp3) is 0.222. The van der Waals surface area contributed by atoms with Crippen LogP contribution in [0, 0.1) is 0 Å². The Morgan fingerprint density at radius 3 is 3.00 bits per heavy atom. The Labute approximate surface area is 89.4 Å². The van der Waals surface area contributed by atoms with Gasteiger partial charge < -0.3 is 4.74 Å². The molecule has 0 unspecified atom stereocenters. The van der Waals surface area contributed by atoms with Gasteiger partial charge in [0.1, 0.15) is 10.2 Å². The van der Waals surface area contributed by atoms with E-state index >= 15 is 0 Å². The Morgan fingerprint density at radius 1 is 1.71 bits per heavy atom. The molecule has 0 radical (unpaired) electrons. The summed E-state index contributed by atoms with van der Waals surface area (Å²) in [6.45, 7) is 1.96. The molecule has 0 aromatic carbocycles. The van der Waals surface area contributed by atoms with Crippen molar-refractivity contribution in [2.45, 2.75) is 6.92 Å². The van der Waals surface area contributed by atoms with Crippen LogP contribution in [0.5, 0.6) is 0 Å². The topological polar surface area (TPSA) is 56.3 Å². The zero-order chi connectivity index (χ0) is 10.6. The number of aromatic nitrogens is 1. The number of carbonyl (C=O) groups excluding carboxylic acids is 2. The second-order valence-corrected chi connectivity index (χ2v) is 3.16. The monoisotopic (exact) mass is 257 g/mol. The van der Waals surface area contributed by atoms with Gasteiger partial charge in [0.25, 0.3) is 0 Å². The van der Waals surface area contributed by atoms with Gasteiger partial charge in [-0.1, -0.05) is 0 Å². The number of rotatable bonds is 3. The van der Waals surface area contributed by atoms with Crippen molar-refractivity contribution in [3.05, 3.63) is 28.0 Å². The summed E-state index contributed by atoms with van der Waals surface area (Å²) >= 11 is 3.09. The molecule has 0 aliphatic rings. The van der Waals surface area contributed by atoms with Gasteiger partial charge in [-0.3, -0.25) is 4.79 Å². The summed E-state index contributed by atoms with van der Waals surface area (Å²) in [7, 11) is 0. The predicted octanol–water partition coefficient (Wildman–Crippen LogP) is 1.83. The van der Waals surface area contributed by atoms with Gasteiger partial charge in [0.2, 0.25) is 0 Å². The summed E-state index contributed by atoms with van der Waals surface area (Å²) in [6, 6.07) is 1.46. The van der Waals surface area contributed by atoms with E-state index in [-0.39, 0.29) is 17.7 Å². The van der Waals surface area contributed by atoms with Gasteiger partial charge in [-0.2, -0.15) is 0 Å². The molecule has 74 valence electrons. The number of nitrogens with zero attached hydrogens (tertiary/aromatic N) is 1. The number of carbonyl (C=O) groups is 2. The largest absolute Gasteiger partial charge is 0.462 e. The Balaban J connectivity index is 3.16. The number of hydrogen-bond donors (Lipinski definition) is 0. The van der Waals surface area contributed by atoms with Crippen molar-refractivity contribution < 1.29 is 14.3 Å². The maximum atomic E-state index is 11.4. The highest BCUT2D eigenvalue weighted by Crippen LogP contribution is 2.17. The summed E-state index contributed by atoms with van der Waals surface area (Å²) in [5.74, 6) is -0.547. The molecule has 5 heteroatoms. The average molecular weight is 258 g/mol. The van der Waals surface area contributed by atoms with Crippen molar-refractivity contribution in [1.29, 1.82) is 0 Å². The molecule has 0 bridgehead atoms. The molecule has 0 aliphatic carbocycles. The van der Waals surface area contributed by atoms with Gasteiger partial charge in [-0.05, 0) is 28.9 Å². The first-order valence-corrected chi connectivity index (χ1v) is 4.76. The summed E-state index contributed by atoms with van der Waals surface area (Å²) in [5.41, 5.74) is 0.440. The summed E-state index contributed by atoms with van der Waals surface area (Å²) < 4.78 is 5.10. The van der Waals surface area contributed by atoms with Gasteiger partial charge in [-0.15, -0.1) is 0 Å². The van der Waals surface area contributed by atoms with Crippen LogP contribution in [0.3, 0.4) is 0 Å². The molecule has 0 aliphatic heterocycles. The van der Waals surface area contributed by atoms with Gasteiger partial charge in [-0.25, -0.2) is 9.78 Å². The van der Waals surface area contributed by atoms with Crippen LogP contribution in [0.4, 0.5) is 0 Å². The van der Waals surface area contributed by atoms with E-state index in [2.05, 4.69) is 20.9 Å². The zero-order valence-electron chi connectivity index (χ0n) is 7.49. The van der Waals surface area contributed by atoms with E-state index in [1.54, 1.807) is 6.92 Å². The lowest BCUT2D eigenvalue weighted by atomic mass is 10.1. The standard InChI is InChI=1S/C9H8BrNO3/c1-2-14-9(13)7-6(5-12)3-4-11-8(7)10/h3-5H,2H2,1H3. The van der Waals surface area contributed by atoms with Crippen LogP contribution in [-0.4, -0.2) is 23.8 Å². The van der Waals surface area contributed by atoms with Gasteiger partial charge in [0, 0.05) is 11.8 Å². The highest BCUT2D eigenvalue weighted by atomic mass is 79.9. The maximum absolute atomic E-state index is 11.4. The van der Waals surface area contributed by atoms with E-state index in [9.17, 15) is 9.59 Å². The SMILES string of the molecule is CCOC(=O)c1c(C=O)ccnc1Br. The Bertz CT molecular complexity index is 365. The van der Waals surface area contributed by atoms with E-state index in [0.717, 1.165) is 0 Å². The predicted molar refractivity (Wildman–Crippen MR) is 53.3 cm³/mol. The average Bonchev–Trinajstić information content (AvgIpc) is 2.17. The highest BCUT2D eigenvalue weighted by Gasteiger charge is 2.16. The van der Waals surface area contributed by atoms with Crippen LogP contribution in [0.1, 0.15) is 27.6 Å². The van der Waals surface area contributed by atoms with Gasteiger partial charge in [0.05, 0.1) is 6.61 Å². The van der Waals surface area contributed by atoms with Gasteiger partial charge in [0.15, 0.2) is 6.29 Å². The fourth-order valence-electron chi connectivity index (χ4n) is 0.954. The molecule has 1 aromatic rings. The lowest BCUT2D eigenvalue weighted by molar-refractivity contribution is 0.0522. The van der Waals surface area contributed by atoms with Crippen LogP contribution in [0.25, 0.3) is 0 Å². The minimum atomic E-state index is -0.547. The molecule has 1 rings (SSSR count). The third-order valence-corrected chi connectivity index (χ3v) is 2.14. The maximum Gasteiger partial charge on any atom is 0.341 e. The lowest BCUT2D eigenvalue weighted by Gasteiger charge is -2.05. The number of esters is 1. The molecule has 0 amide bonds. The first-order chi connectivity index (χ1) is 6.70. The van der Waals surface area contributed by atoms with Crippen LogP contribution in [0.15, 0.2) is 16.9 Å². The molecular formula is C9H8BrNO3. The first kappa shape index (κ1) is 10.8. The van der Waals surface area contributed by atoms with E-state index in [1.165, 1.54) is 12.3 Å². The molecule has 0 saturated heterocycles. The Morgan fingerprint density at radius 2 is 2.43 bits per heavy atom. The second kappa shape index (κ2) is 4.85. The van der Waals surface area contributed by atoms with Crippen molar-refractivity contribution in [2.75, 3.05) is 6.61 Å². The fourth-order valence-corrected chi connectivity index (χ4v) is 1.46. The summed E-state index contributed by atoms with van der Waals surface area (Å²) in [4.78, 5) is 25.9. The first-order valence-electron chi connectivity index (χ1n) is 3.97. The van der Waals surface area contributed by atoms with Crippen molar-refractivity contribution in [3.63, 3.8) is 0 Å². The molecule has 1 aromatic heterocycles. The van der Waals surface area contributed by atoms with E-state index < -0.39 is 5.97 Å². The zero-order valence-corrected chi connectivity index (χ0v) is 9.08. The smallest absolute Gasteiger partial charge is 0.341 e. The van der Waals surface area contributed by atoms with Crippen molar-refractivity contribution in [1.82, 2.24) is 4.98 Å². The number of aldehydes is 1. The van der Waals surface area contributed by atoms with Crippen LogP contribution in [-0.2, 0) is 4.74 Å². The number of hydrogen-bond acceptors (Lipinski definition) is 4. The quantitative estimate of drug-likeness (QED) is 0.471. The minimum Gasteiger partial charge on any atom is -0.462 e. The minimum absolute atomic E-state index is 0.171. The summed E-state index contributed by atoms with van der Waals surface area (Å²) in [5, 5.41) is 0. The molecule has 0 atom stereocenters. The molecule has 14 heavy (non-hydrogen) atoms. The van der Waals surface area contributed by atoms with Crippen molar-refractivity contribution in [3.8, 4) is 0 Å². The lowest BCUT2D eigenvalue weighted by Crippen LogP contribution is -2.09. The third-order valence-electron chi connectivity index (χ3n) is 1.54. The molecule has 1 heterocycles. The third kappa shape index (κ3) is 2.17. The van der Waals surface area contributed by atoms with E-state index in [0.29, 0.717) is 10.9 Å². The molecule has 0 N–H and O–H groups in total. The van der Waals surface area contributed by atoms with E-state index in [4.69, 9.17) is 4.74 Å². The van der Waals surface area contributed by atoms with Crippen molar-refractivity contribution in [2.24, 2.45) is 0 Å². The van der Waals surface area contributed by atoms with Crippen LogP contribution in [0.2, 0.25) is 0 Å². The molecular weight excluding hydrogens is 250 g/mol. The molecule has 4 nitrogen and oxygen atoms in total. The number of halogens is 1. The molecule has 0 spiro atoms. The normalized spacial score (nSPS) is 9.57.